The Hall–Kier alpha value is -1.26. The molecule has 20 heavy (non-hydrogen) atoms. The van der Waals surface area contributed by atoms with Crippen molar-refractivity contribution in [1.29, 1.82) is 0 Å². The van der Waals surface area contributed by atoms with Crippen LogP contribution in [0.15, 0.2) is 18.2 Å². The van der Waals surface area contributed by atoms with E-state index in [-0.39, 0.29) is 0 Å². The lowest BCUT2D eigenvalue weighted by molar-refractivity contribution is -0.0705. The summed E-state index contributed by atoms with van der Waals surface area (Å²) in [6, 6.07) is 6.16. The fraction of sp³-hybridized carbons (Fsp3) is 0.625. The van der Waals surface area contributed by atoms with Gasteiger partial charge in [-0.1, -0.05) is 6.07 Å². The van der Waals surface area contributed by atoms with Gasteiger partial charge in [0.05, 0.1) is 25.9 Å². The summed E-state index contributed by atoms with van der Waals surface area (Å²) in [6.07, 6.45) is 0.590. The Balaban J connectivity index is 2.07. The van der Waals surface area contributed by atoms with Gasteiger partial charge in [0.25, 0.3) is 0 Å². The highest BCUT2D eigenvalue weighted by Gasteiger charge is 2.22. The van der Waals surface area contributed by atoms with Crippen molar-refractivity contribution in [3.05, 3.63) is 23.8 Å². The zero-order chi connectivity index (χ0) is 14.5. The first-order chi connectivity index (χ1) is 9.62. The molecule has 0 unspecified atom stereocenters. The van der Waals surface area contributed by atoms with E-state index in [1.165, 1.54) is 5.56 Å². The normalized spacial score (nSPS) is 23.6. The zero-order valence-electron chi connectivity index (χ0n) is 12.9. The fourth-order valence-corrected chi connectivity index (χ4v) is 2.76. The predicted octanol–water partition coefficient (Wildman–Crippen LogP) is 2.70. The molecule has 1 aromatic rings. The van der Waals surface area contributed by atoms with E-state index >= 15 is 0 Å². The number of ether oxygens (including phenoxy) is 3. The lowest BCUT2D eigenvalue weighted by atomic mass is 10.1. The number of hydrogen-bond donors (Lipinski definition) is 0. The SMILES string of the molecule is CCOc1cc(CN2C[C@@H](C)O[C@@H](C)C2)ccc1OC. The average molecular weight is 279 g/mol. The van der Waals surface area contributed by atoms with Crippen LogP contribution in [0.2, 0.25) is 0 Å². The molecule has 0 bridgehead atoms. The largest absolute Gasteiger partial charge is 0.493 e. The molecule has 1 fully saturated rings. The zero-order valence-corrected chi connectivity index (χ0v) is 12.9. The topological polar surface area (TPSA) is 30.9 Å². The van der Waals surface area contributed by atoms with Gasteiger partial charge in [-0.15, -0.1) is 0 Å². The van der Waals surface area contributed by atoms with E-state index in [1.807, 2.05) is 13.0 Å². The maximum atomic E-state index is 5.77. The highest BCUT2D eigenvalue weighted by Crippen LogP contribution is 2.28. The van der Waals surface area contributed by atoms with Gasteiger partial charge in [0, 0.05) is 19.6 Å². The van der Waals surface area contributed by atoms with Crippen molar-refractivity contribution in [3.8, 4) is 11.5 Å². The second kappa shape index (κ2) is 6.95. The summed E-state index contributed by atoms with van der Waals surface area (Å²) in [7, 11) is 1.67. The highest BCUT2D eigenvalue weighted by atomic mass is 16.5. The molecule has 1 heterocycles. The molecular weight excluding hydrogens is 254 g/mol. The summed E-state index contributed by atoms with van der Waals surface area (Å²) in [5.41, 5.74) is 1.25. The molecule has 0 aliphatic carbocycles. The maximum Gasteiger partial charge on any atom is 0.161 e. The van der Waals surface area contributed by atoms with Crippen LogP contribution in [0, 0.1) is 0 Å². The molecule has 0 spiro atoms. The maximum absolute atomic E-state index is 5.77. The van der Waals surface area contributed by atoms with Crippen LogP contribution in [0.3, 0.4) is 0 Å². The van der Waals surface area contributed by atoms with Gasteiger partial charge < -0.3 is 14.2 Å². The van der Waals surface area contributed by atoms with Crippen molar-refractivity contribution in [3.63, 3.8) is 0 Å². The van der Waals surface area contributed by atoms with Crippen molar-refractivity contribution in [2.24, 2.45) is 0 Å². The second-order valence-corrected chi connectivity index (χ2v) is 5.37. The molecule has 1 saturated heterocycles. The van der Waals surface area contributed by atoms with Crippen molar-refractivity contribution in [1.82, 2.24) is 4.90 Å². The Bertz CT molecular complexity index is 426. The van der Waals surface area contributed by atoms with E-state index in [9.17, 15) is 0 Å². The van der Waals surface area contributed by atoms with Gasteiger partial charge in [0.15, 0.2) is 11.5 Å². The van der Waals surface area contributed by atoms with E-state index in [2.05, 4.69) is 30.9 Å². The van der Waals surface area contributed by atoms with Gasteiger partial charge in [-0.3, -0.25) is 4.90 Å². The minimum atomic E-state index is 0.295. The Morgan fingerprint density at radius 3 is 2.50 bits per heavy atom. The van der Waals surface area contributed by atoms with E-state index in [0.29, 0.717) is 18.8 Å². The quantitative estimate of drug-likeness (QED) is 0.829. The van der Waals surface area contributed by atoms with Crippen molar-refractivity contribution >= 4 is 0 Å². The van der Waals surface area contributed by atoms with Crippen LogP contribution in [0.1, 0.15) is 26.3 Å². The van der Waals surface area contributed by atoms with Crippen molar-refractivity contribution in [2.75, 3.05) is 26.8 Å². The Kier molecular flexibility index (Phi) is 5.26. The van der Waals surface area contributed by atoms with Gasteiger partial charge in [0.1, 0.15) is 0 Å². The molecule has 1 aliphatic heterocycles. The third-order valence-corrected chi connectivity index (χ3v) is 3.43. The summed E-state index contributed by atoms with van der Waals surface area (Å²) in [4.78, 5) is 2.43. The van der Waals surface area contributed by atoms with Gasteiger partial charge in [-0.05, 0) is 38.5 Å². The predicted molar refractivity (Wildman–Crippen MR) is 79.4 cm³/mol. The van der Waals surface area contributed by atoms with Crippen LogP contribution in [-0.2, 0) is 11.3 Å². The van der Waals surface area contributed by atoms with Gasteiger partial charge in [-0.25, -0.2) is 0 Å². The fourth-order valence-electron chi connectivity index (χ4n) is 2.76. The Labute approximate surface area is 121 Å². The summed E-state index contributed by atoms with van der Waals surface area (Å²) in [5, 5.41) is 0. The summed E-state index contributed by atoms with van der Waals surface area (Å²) < 4.78 is 16.7. The van der Waals surface area contributed by atoms with E-state index in [4.69, 9.17) is 14.2 Å². The summed E-state index contributed by atoms with van der Waals surface area (Å²) in [6.45, 7) is 9.75. The Morgan fingerprint density at radius 1 is 1.20 bits per heavy atom. The molecule has 2 rings (SSSR count). The molecule has 2 atom stereocenters. The molecular formula is C16H25NO3. The molecule has 1 aliphatic rings. The number of rotatable bonds is 5. The van der Waals surface area contributed by atoms with E-state index in [0.717, 1.165) is 31.1 Å². The molecule has 4 nitrogen and oxygen atoms in total. The molecule has 0 saturated carbocycles. The van der Waals surface area contributed by atoms with Gasteiger partial charge in [0.2, 0.25) is 0 Å². The number of morpholine rings is 1. The lowest BCUT2D eigenvalue weighted by Gasteiger charge is -2.35. The molecule has 112 valence electrons. The number of hydrogen-bond acceptors (Lipinski definition) is 4. The number of nitrogens with zero attached hydrogens (tertiary/aromatic N) is 1. The highest BCUT2D eigenvalue weighted by molar-refractivity contribution is 5.42. The summed E-state index contributed by atoms with van der Waals surface area (Å²) in [5.74, 6) is 1.61. The molecule has 1 aromatic carbocycles. The van der Waals surface area contributed by atoms with Crippen LogP contribution < -0.4 is 9.47 Å². The minimum Gasteiger partial charge on any atom is -0.493 e. The first-order valence-corrected chi connectivity index (χ1v) is 7.30. The molecule has 0 aromatic heterocycles. The van der Waals surface area contributed by atoms with E-state index in [1.54, 1.807) is 7.11 Å². The van der Waals surface area contributed by atoms with Crippen LogP contribution in [0.4, 0.5) is 0 Å². The third-order valence-electron chi connectivity index (χ3n) is 3.43. The van der Waals surface area contributed by atoms with Crippen LogP contribution >= 0.6 is 0 Å². The van der Waals surface area contributed by atoms with E-state index < -0.39 is 0 Å². The molecule has 0 N–H and O–H groups in total. The number of methoxy groups -OCH3 is 1. The summed E-state index contributed by atoms with van der Waals surface area (Å²) >= 11 is 0. The smallest absolute Gasteiger partial charge is 0.161 e. The first kappa shape index (κ1) is 15.1. The van der Waals surface area contributed by atoms with Gasteiger partial charge >= 0.3 is 0 Å². The van der Waals surface area contributed by atoms with Crippen LogP contribution in [-0.4, -0.2) is 43.9 Å². The standard InChI is InChI=1S/C16H25NO3/c1-5-19-16-8-14(6-7-15(16)18-4)11-17-9-12(2)20-13(3)10-17/h6-8,12-13H,5,9-11H2,1-4H3/t12-,13+. The second-order valence-electron chi connectivity index (χ2n) is 5.37. The molecule has 0 radical (unpaired) electrons. The molecule has 4 heteroatoms. The minimum absolute atomic E-state index is 0.295. The third kappa shape index (κ3) is 3.87. The lowest BCUT2D eigenvalue weighted by Crippen LogP contribution is -2.44. The first-order valence-electron chi connectivity index (χ1n) is 7.30. The van der Waals surface area contributed by atoms with Crippen molar-refractivity contribution < 1.29 is 14.2 Å². The van der Waals surface area contributed by atoms with Crippen LogP contribution in [0.5, 0.6) is 11.5 Å². The molecule has 0 amide bonds. The van der Waals surface area contributed by atoms with Crippen molar-refractivity contribution in [2.45, 2.75) is 39.5 Å². The monoisotopic (exact) mass is 279 g/mol. The number of benzene rings is 1. The average Bonchev–Trinajstić information content (AvgIpc) is 2.38. The Morgan fingerprint density at radius 2 is 1.90 bits per heavy atom. The van der Waals surface area contributed by atoms with Gasteiger partial charge in [-0.2, -0.15) is 0 Å². The van der Waals surface area contributed by atoms with Crippen LogP contribution in [0.25, 0.3) is 0 Å².